The summed E-state index contributed by atoms with van der Waals surface area (Å²) < 4.78 is 14.8. The summed E-state index contributed by atoms with van der Waals surface area (Å²) in [6.45, 7) is 0. The van der Waals surface area contributed by atoms with Crippen molar-refractivity contribution >= 4 is 5.97 Å². The number of nitrogens with zero attached hydrogens (tertiary/aromatic N) is 6. The summed E-state index contributed by atoms with van der Waals surface area (Å²) in [6, 6.07) is 3.93. The number of hydrogen-bond donors (Lipinski definition) is 0. The van der Waals surface area contributed by atoms with Crippen LogP contribution in [0.3, 0.4) is 0 Å². The molecule has 0 spiro atoms. The third kappa shape index (κ3) is 4.57. The van der Waals surface area contributed by atoms with Crippen LogP contribution in [0.2, 0.25) is 0 Å². The summed E-state index contributed by atoms with van der Waals surface area (Å²) in [6.07, 6.45) is 1.20. The highest BCUT2D eigenvalue weighted by atomic mass is 16.5. The van der Waals surface area contributed by atoms with Crippen LogP contribution >= 0.6 is 0 Å². The molecule has 0 heterocycles. The molecular formula is C13H14N6O4. The van der Waals surface area contributed by atoms with Crippen molar-refractivity contribution in [2.24, 2.45) is 10.2 Å². The summed E-state index contributed by atoms with van der Waals surface area (Å²) in [7, 11) is 4.08. The maximum atomic E-state index is 11.6. The first kappa shape index (κ1) is 17.7. The van der Waals surface area contributed by atoms with Gasteiger partial charge in [-0.15, -0.1) is 0 Å². The lowest BCUT2D eigenvalue weighted by Crippen LogP contribution is -2.04. The molecule has 0 aliphatic heterocycles. The zero-order chi connectivity index (χ0) is 17.2. The Bertz CT molecular complexity index is 704. The van der Waals surface area contributed by atoms with Gasteiger partial charge in [0.05, 0.1) is 27.4 Å². The Morgan fingerprint density at radius 3 is 2.39 bits per heavy atom. The number of azide groups is 2. The van der Waals surface area contributed by atoms with Crippen LogP contribution in [0.1, 0.15) is 11.6 Å². The largest absolute Gasteiger partial charge is 0.493 e. The Morgan fingerprint density at radius 2 is 1.87 bits per heavy atom. The van der Waals surface area contributed by atoms with E-state index in [-0.39, 0.29) is 5.70 Å². The van der Waals surface area contributed by atoms with E-state index in [0.717, 1.165) is 7.11 Å². The van der Waals surface area contributed by atoms with Crippen LogP contribution < -0.4 is 9.47 Å². The second kappa shape index (κ2) is 8.83. The van der Waals surface area contributed by atoms with Gasteiger partial charge in [0.15, 0.2) is 11.5 Å². The van der Waals surface area contributed by atoms with Crippen LogP contribution in [0.25, 0.3) is 20.9 Å². The maximum Gasteiger partial charge on any atom is 0.339 e. The molecule has 0 saturated carbocycles. The molecule has 1 rings (SSSR count). The second-order valence-corrected chi connectivity index (χ2v) is 4.00. The Kier molecular flexibility index (Phi) is 6.80. The van der Waals surface area contributed by atoms with Crippen LogP contribution in [-0.4, -0.2) is 27.3 Å². The first-order valence-corrected chi connectivity index (χ1v) is 6.22. The van der Waals surface area contributed by atoms with Gasteiger partial charge in [0.2, 0.25) is 0 Å². The van der Waals surface area contributed by atoms with Crippen LogP contribution in [0, 0.1) is 0 Å². The normalized spacial score (nSPS) is 11.5. The predicted molar refractivity (Wildman–Crippen MR) is 80.7 cm³/mol. The molecule has 1 aromatic carbocycles. The third-order valence-corrected chi connectivity index (χ3v) is 2.79. The lowest BCUT2D eigenvalue weighted by atomic mass is 10.1. The lowest BCUT2D eigenvalue weighted by molar-refractivity contribution is -0.136. The van der Waals surface area contributed by atoms with Gasteiger partial charge in [0, 0.05) is 9.82 Å². The van der Waals surface area contributed by atoms with Crippen LogP contribution in [-0.2, 0) is 9.53 Å². The molecule has 1 unspecified atom stereocenters. The molecule has 0 saturated heterocycles. The molecule has 1 atom stereocenters. The summed E-state index contributed by atoms with van der Waals surface area (Å²) in [4.78, 5) is 16.8. The van der Waals surface area contributed by atoms with Gasteiger partial charge in [-0.3, -0.25) is 0 Å². The van der Waals surface area contributed by atoms with Gasteiger partial charge in [-0.25, -0.2) is 4.79 Å². The zero-order valence-corrected chi connectivity index (χ0v) is 12.7. The summed E-state index contributed by atoms with van der Waals surface area (Å²) in [5.74, 6) is 0.0597. The number of rotatable bonds is 7. The van der Waals surface area contributed by atoms with Crippen molar-refractivity contribution in [2.45, 2.75) is 6.04 Å². The molecule has 10 heteroatoms. The van der Waals surface area contributed by atoms with E-state index in [1.807, 2.05) is 0 Å². The zero-order valence-electron chi connectivity index (χ0n) is 12.7. The van der Waals surface area contributed by atoms with Crippen LogP contribution in [0.15, 0.2) is 40.2 Å². The minimum Gasteiger partial charge on any atom is -0.493 e. The van der Waals surface area contributed by atoms with E-state index in [4.69, 9.17) is 20.5 Å². The average Bonchev–Trinajstić information content (AvgIpc) is 2.59. The van der Waals surface area contributed by atoms with Crippen LogP contribution in [0.5, 0.6) is 11.5 Å². The lowest BCUT2D eigenvalue weighted by Gasteiger charge is -2.12. The van der Waals surface area contributed by atoms with E-state index in [2.05, 4.69) is 24.8 Å². The van der Waals surface area contributed by atoms with Crippen molar-refractivity contribution in [3.05, 3.63) is 56.4 Å². The van der Waals surface area contributed by atoms with Gasteiger partial charge in [0.25, 0.3) is 0 Å². The highest BCUT2D eigenvalue weighted by Crippen LogP contribution is 2.32. The van der Waals surface area contributed by atoms with Crippen molar-refractivity contribution in [1.29, 1.82) is 0 Å². The predicted octanol–water partition coefficient (Wildman–Crippen LogP) is 3.42. The fraction of sp³-hybridized carbons (Fsp3) is 0.308. The molecule has 0 bridgehead atoms. The number of methoxy groups -OCH3 is 3. The SMILES string of the molecule is COC(=O)/C(=C/C(N=[N+]=[N-])c1ccc(OC)c(OC)c1)N=[N+]=[N-]. The van der Waals surface area contributed by atoms with Crippen molar-refractivity contribution in [1.82, 2.24) is 0 Å². The molecule has 0 fully saturated rings. The fourth-order valence-electron chi connectivity index (χ4n) is 1.73. The molecule has 23 heavy (non-hydrogen) atoms. The maximum absolute atomic E-state index is 11.6. The molecule has 0 amide bonds. The van der Waals surface area contributed by atoms with Gasteiger partial charge in [0.1, 0.15) is 5.70 Å². The van der Waals surface area contributed by atoms with E-state index in [9.17, 15) is 4.79 Å². The average molecular weight is 318 g/mol. The first-order chi connectivity index (χ1) is 11.1. The standard InChI is InChI=1S/C13H14N6O4/c1-21-11-5-4-8(6-12(11)22-2)9(16-18-14)7-10(17-19-15)13(20)23-3/h4-7,9H,1-3H3/b10-7-. The minimum atomic E-state index is -0.903. The van der Waals surface area contributed by atoms with Crippen molar-refractivity contribution < 1.29 is 19.0 Å². The van der Waals surface area contributed by atoms with Crippen LogP contribution in [0.4, 0.5) is 0 Å². The summed E-state index contributed by atoms with van der Waals surface area (Å²) >= 11 is 0. The number of carbonyl (C=O) groups is 1. The van der Waals surface area contributed by atoms with Gasteiger partial charge in [-0.2, -0.15) is 0 Å². The van der Waals surface area contributed by atoms with Crippen molar-refractivity contribution in [2.75, 3.05) is 21.3 Å². The number of benzene rings is 1. The fourth-order valence-corrected chi connectivity index (χ4v) is 1.73. The Labute approximate surface area is 131 Å². The quantitative estimate of drug-likeness (QED) is 0.249. The van der Waals surface area contributed by atoms with Gasteiger partial charge >= 0.3 is 5.97 Å². The highest BCUT2D eigenvalue weighted by molar-refractivity contribution is 5.88. The second-order valence-electron chi connectivity index (χ2n) is 4.00. The Hall–Kier alpha value is -3.35. The van der Waals surface area contributed by atoms with E-state index < -0.39 is 12.0 Å². The summed E-state index contributed by atoms with van der Waals surface area (Å²) in [5.41, 5.74) is 17.4. The number of carbonyl (C=O) groups excluding carboxylic acids is 1. The summed E-state index contributed by atoms with van der Waals surface area (Å²) in [5, 5.41) is 6.83. The van der Waals surface area contributed by atoms with E-state index in [0.29, 0.717) is 17.1 Å². The molecule has 120 valence electrons. The smallest absolute Gasteiger partial charge is 0.339 e. The highest BCUT2D eigenvalue weighted by Gasteiger charge is 2.15. The molecule has 0 N–H and O–H groups in total. The van der Waals surface area contributed by atoms with E-state index >= 15 is 0 Å². The molecule has 0 aromatic heterocycles. The molecule has 0 aliphatic carbocycles. The van der Waals surface area contributed by atoms with Gasteiger partial charge < -0.3 is 14.2 Å². The number of hydrogen-bond acceptors (Lipinski definition) is 6. The number of esters is 1. The minimum absolute atomic E-state index is 0.317. The molecule has 0 radical (unpaired) electrons. The molecule has 10 nitrogen and oxygen atoms in total. The van der Waals surface area contributed by atoms with Gasteiger partial charge in [-0.05, 0) is 28.8 Å². The first-order valence-electron chi connectivity index (χ1n) is 6.22. The number of ether oxygens (including phenoxy) is 3. The topological polar surface area (TPSA) is 142 Å². The van der Waals surface area contributed by atoms with Gasteiger partial charge in [-0.1, -0.05) is 22.4 Å². The van der Waals surface area contributed by atoms with E-state index in [1.54, 1.807) is 18.2 Å². The molecule has 0 aliphatic rings. The molecular weight excluding hydrogens is 304 g/mol. The van der Waals surface area contributed by atoms with Crippen molar-refractivity contribution in [3.63, 3.8) is 0 Å². The van der Waals surface area contributed by atoms with Crippen molar-refractivity contribution in [3.8, 4) is 11.5 Å². The monoisotopic (exact) mass is 318 g/mol. The third-order valence-electron chi connectivity index (χ3n) is 2.79. The van der Waals surface area contributed by atoms with E-state index in [1.165, 1.54) is 20.3 Å². The molecule has 1 aromatic rings. The Morgan fingerprint density at radius 1 is 1.17 bits per heavy atom. The Balaban J connectivity index is 3.38.